The van der Waals surface area contributed by atoms with Crippen LogP contribution in [0.5, 0.6) is 11.5 Å². The van der Waals surface area contributed by atoms with Crippen molar-refractivity contribution >= 4 is 46.7 Å². The molecule has 0 saturated carbocycles. The Balaban J connectivity index is 1.77. The molecule has 0 radical (unpaired) electrons. The second kappa shape index (κ2) is 9.35. The van der Waals surface area contributed by atoms with Gasteiger partial charge < -0.3 is 9.47 Å². The maximum Gasteiger partial charge on any atom is 0.206 e. The monoisotopic (exact) mass is 450 g/mol. The largest absolute Gasteiger partial charge is 0.496 e. The first-order valence-corrected chi connectivity index (χ1v) is 9.67. The lowest BCUT2D eigenvalue weighted by molar-refractivity contribution is 0.104. The first-order chi connectivity index (χ1) is 13.9. The number of hydrogen-bond acceptors (Lipinski definition) is 4. The Labute approximate surface area is 183 Å². The number of nitrogens with zero attached hydrogens (tertiary/aromatic N) is 2. The van der Waals surface area contributed by atoms with Crippen LogP contribution < -0.4 is 9.47 Å². The first kappa shape index (κ1) is 21.2. The number of carbonyl (C=O) groups excluding carboxylic acids is 1. The van der Waals surface area contributed by atoms with E-state index < -0.39 is 0 Å². The summed E-state index contributed by atoms with van der Waals surface area (Å²) in [5, 5.41) is 5.16. The molecule has 0 N–H and O–H groups in total. The lowest BCUT2D eigenvalue weighted by Crippen LogP contribution is -2.00. The average molecular weight is 452 g/mol. The Morgan fingerprint density at radius 1 is 1.07 bits per heavy atom. The quantitative estimate of drug-likeness (QED) is 0.256. The fraction of sp³-hybridized carbons (Fsp3) is 0.143. The van der Waals surface area contributed by atoms with Crippen molar-refractivity contribution in [3.8, 4) is 11.5 Å². The van der Waals surface area contributed by atoms with E-state index in [0.717, 1.165) is 11.1 Å². The third-order valence-corrected chi connectivity index (χ3v) is 5.07. The van der Waals surface area contributed by atoms with Crippen LogP contribution in [0.2, 0.25) is 15.1 Å². The molecule has 0 aliphatic heterocycles. The van der Waals surface area contributed by atoms with E-state index in [9.17, 15) is 4.79 Å². The number of hydrogen-bond donors (Lipinski definition) is 0. The Morgan fingerprint density at radius 2 is 1.83 bits per heavy atom. The van der Waals surface area contributed by atoms with Gasteiger partial charge in [0.1, 0.15) is 23.8 Å². The van der Waals surface area contributed by atoms with Gasteiger partial charge in [0.15, 0.2) is 0 Å². The number of rotatable bonds is 7. The van der Waals surface area contributed by atoms with Gasteiger partial charge in [-0.25, -0.2) is 0 Å². The van der Waals surface area contributed by atoms with Gasteiger partial charge in [0, 0.05) is 24.9 Å². The lowest BCUT2D eigenvalue weighted by Gasteiger charge is -2.13. The minimum Gasteiger partial charge on any atom is -0.496 e. The van der Waals surface area contributed by atoms with Gasteiger partial charge in [-0.05, 0) is 35.9 Å². The summed E-state index contributed by atoms with van der Waals surface area (Å²) < 4.78 is 12.8. The number of ketones is 1. The number of halogens is 3. The molecule has 1 aromatic heterocycles. The maximum atomic E-state index is 12.2. The highest BCUT2D eigenvalue weighted by atomic mass is 35.5. The number of aryl methyl sites for hydroxylation is 1. The fourth-order valence-corrected chi connectivity index (χ4v) is 3.18. The van der Waals surface area contributed by atoms with Crippen LogP contribution in [0.3, 0.4) is 0 Å². The smallest absolute Gasteiger partial charge is 0.206 e. The van der Waals surface area contributed by atoms with Gasteiger partial charge in [-0.3, -0.25) is 9.48 Å². The molecule has 0 fully saturated rings. The molecule has 0 atom stereocenters. The van der Waals surface area contributed by atoms with Crippen molar-refractivity contribution in [2.75, 3.05) is 7.11 Å². The van der Waals surface area contributed by atoms with Crippen molar-refractivity contribution in [1.29, 1.82) is 0 Å². The van der Waals surface area contributed by atoms with E-state index in [1.54, 1.807) is 49.3 Å². The number of methoxy groups -OCH3 is 1. The van der Waals surface area contributed by atoms with E-state index in [4.69, 9.17) is 44.3 Å². The predicted octanol–water partition coefficient (Wildman–Crippen LogP) is 5.86. The van der Waals surface area contributed by atoms with Crippen molar-refractivity contribution in [1.82, 2.24) is 9.78 Å². The molecular formula is C21H17Cl3N2O3. The number of allylic oxidation sites excluding steroid dienone is 1. The minimum atomic E-state index is -0.179. The predicted molar refractivity (Wildman–Crippen MR) is 115 cm³/mol. The molecule has 0 aliphatic carbocycles. The van der Waals surface area contributed by atoms with Crippen molar-refractivity contribution in [2.45, 2.75) is 6.61 Å². The molecule has 0 amide bonds. The topological polar surface area (TPSA) is 53.4 Å². The highest BCUT2D eigenvalue weighted by molar-refractivity contribution is 6.43. The second-order valence-electron chi connectivity index (χ2n) is 6.13. The molecule has 150 valence electrons. The molecule has 0 unspecified atom stereocenters. The van der Waals surface area contributed by atoms with Gasteiger partial charge in [0.25, 0.3) is 0 Å². The Kier molecular flexibility index (Phi) is 6.85. The number of benzene rings is 2. The second-order valence-corrected chi connectivity index (χ2v) is 7.35. The summed E-state index contributed by atoms with van der Waals surface area (Å²) >= 11 is 18.1. The lowest BCUT2D eigenvalue weighted by atomic mass is 10.1. The van der Waals surface area contributed by atoms with E-state index in [2.05, 4.69) is 5.10 Å². The molecule has 29 heavy (non-hydrogen) atoms. The molecule has 0 spiro atoms. The molecule has 2 aromatic carbocycles. The van der Waals surface area contributed by atoms with Crippen LogP contribution in [0.4, 0.5) is 0 Å². The normalized spacial score (nSPS) is 11.1. The number of aromatic nitrogens is 2. The summed E-state index contributed by atoms with van der Waals surface area (Å²) in [5.41, 5.74) is 1.98. The third kappa shape index (κ3) is 5.32. The van der Waals surface area contributed by atoms with Crippen LogP contribution in [-0.4, -0.2) is 22.7 Å². The molecule has 0 aliphatic rings. The van der Waals surface area contributed by atoms with Crippen molar-refractivity contribution in [3.63, 3.8) is 0 Å². The van der Waals surface area contributed by atoms with Crippen molar-refractivity contribution < 1.29 is 14.3 Å². The molecule has 8 heteroatoms. The molecule has 0 bridgehead atoms. The van der Waals surface area contributed by atoms with E-state index in [1.807, 2.05) is 12.1 Å². The van der Waals surface area contributed by atoms with Crippen LogP contribution >= 0.6 is 34.8 Å². The van der Waals surface area contributed by atoms with Gasteiger partial charge in [-0.15, -0.1) is 0 Å². The number of carbonyl (C=O) groups is 1. The molecule has 3 rings (SSSR count). The summed E-state index contributed by atoms with van der Waals surface area (Å²) in [6.07, 6.45) is 4.91. The van der Waals surface area contributed by atoms with Gasteiger partial charge in [0.2, 0.25) is 5.78 Å². The van der Waals surface area contributed by atoms with Crippen LogP contribution in [0, 0.1) is 0 Å². The first-order valence-electron chi connectivity index (χ1n) is 8.53. The van der Waals surface area contributed by atoms with Crippen LogP contribution in [0.1, 0.15) is 21.6 Å². The summed E-state index contributed by atoms with van der Waals surface area (Å²) in [6.45, 7) is 0.191. The zero-order chi connectivity index (χ0) is 21.0. The molecule has 0 saturated heterocycles. The third-order valence-electron chi connectivity index (χ3n) is 4.06. The maximum absolute atomic E-state index is 12.2. The molecule has 5 nitrogen and oxygen atoms in total. The van der Waals surface area contributed by atoms with Gasteiger partial charge >= 0.3 is 0 Å². The highest BCUT2D eigenvalue weighted by Gasteiger charge is 2.10. The zero-order valence-corrected chi connectivity index (χ0v) is 17.9. The zero-order valence-electron chi connectivity index (χ0n) is 15.7. The Bertz CT molecular complexity index is 1080. The summed E-state index contributed by atoms with van der Waals surface area (Å²) in [4.78, 5) is 12.2. The van der Waals surface area contributed by atoms with Crippen LogP contribution in [0.25, 0.3) is 6.08 Å². The van der Waals surface area contributed by atoms with Crippen LogP contribution in [-0.2, 0) is 13.7 Å². The Hall–Kier alpha value is -2.47. The van der Waals surface area contributed by atoms with E-state index in [0.29, 0.717) is 32.3 Å². The van der Waals surface area contributed by atoms with Crippen molar-refractivity contribution in [2.24, 2.45) is 7.05 Å². The van der Waals surface area contributed by atoms with E-state index in [-0.39, 0.29) is 12.4 Å². The molecule has 3 aromatic rings. The van der Waals surface area contributed by atoms with E-state index in [1.165, 1.54) is 12.1 Å². The Morgan fingerprint density at radius 3 is 2.52 bits per heavy atom. The van der Waals surface area contributed by atoms with Crippen LogP contribution in [0.15, 0.2) is 48.7 Å². The van der Waals surface area contributed by atoms with Gasteiger partial charge in [-0.1, -0.05) is 46.9 Å². The average Bonchev–Trinajstić information content (AvgIpc) is 3.14. The summed E-state index contributed by atoms with van der Waals surface area (Å²) in [7, 11) is 3.33. The summed E-state index contributed by atoms with van der Waals surface area (Å²) in [6, 6.07) is 10.3. The molecule has 1 heterocycles. The summed E-state index contributed by atoms with van der Waals surface area (Å²) in [5.74, 6) is 0.880. The fourth-order valence-electron chi connectivity index (χ4n) is 2.59. The minimum absolute atomic E-state index is 0.179. The van der Waals surface area contributed by atoms with Gasteiger partial charge in [0.05, 0.1) is 22.2 Å². The SMILES string of the molecule is COc1ccc(/C=C/C(=O)c2ccn(C)n2)cc1COc1cc(Cl)c(Cl)cc1Cl. The molecular weight excluding hydrogens is 435 g/mol. The van der Waals surface area contributed by atoms with Crippen molar-refractivity contribution in [3.05, 3.63) is 80.6 Å². The number of ether oxygens (including phenoxy) is 2. The standard InChI is InChI=1S/C21H17Cl3N2O3/c1-26-8-7-18(25-26)19(27)5-3-13-4-6-20(28-2)14(9-13)12-29-21-11-16(23)15(22)10-17(21)24/h3-11H,12H2,1-2H3/b5-3+. The van der Waals surface area contributed by atoms with E-state index >= 15 is 0 Å². The van der Waals surface area contributed by atoms with Gasteiger partial charge in [-0.2, -0.15) is 5.10 Å². The highest BCUT2D eigenvalue weighted by Crippen LogP contribution is 2.34.